The van der Waals surface area contributed by atoms with Crippen molar-refractivity contribution < 1.29 is 9.90 Å². The Balaban J connectivity index is 2.12. The van der Waals surface area contributed by atoms with Gasteiger partial charge in [-0.2, -0.15) is 0 Å². The number of hydrogen-bond acceptors (Lipinski definition) is 3. The number of likely N-dealkylation sites (N-methyl/N-ethyl adjacent to an activating group) is 1. The largest absolute Gasteiger partial charge is 0.478 e. The topological polar surface area (TPSA) is 53.4 Å². The molecular formula is C18H21ClN2O2. The van der Waals surface area contributed by atoms with Crippen LogP contribution in [0.4, 0.5) is 0 Å². The van der Waals surface area contributed by atoms with Crippen molar-refractivity contribution in [3.8, 4) is 0 Å². The molecule has 0 saturated heterocycles. The van der Waals surface area contributed by atoms with E-state index in [0.717, 1.165) is 5.02 Å². The molecule has 1 aromatic carbocycles. The van der Waals surface area contributed by atoms with Crippen LogP contribution in [0.15, 0.2) is 42.6 Å². The van der Waals surface area contributed by atoms with E-state index in [1.54, 1.807) is 18.3 Å². The van der Waals surface area contributed by atoms with Gasteiger partial charge in [-0.1, -0.05) is 30.7 Å². The van der Waals surface area contributed by atoms with E-state index in [1.165, 1.54) is 5.56 Å². The fourth-order valence-corrected chi connectivity index (χ4v) is 2.69. The van der Waals surface area contributed by atoms with E-state index in [0.29, 0.717) is 12.2 Å². The van der Waals surface area contributed by atoms with Crippen molar-refractivity contribution in [1.82, 2.24) is 9.88 Å². The molecule has 0 saturated carbocycles. The predicted octanol–water partition coefficient (Wildman–Crippen LogP) is 4.06. The Morgan fingerprint density at radius 3 is 2.52 bits per heavy atom. The SMILES string of the molecule is CC(c1ccc(Cl)cc1)C(C)N(C)Cc1ncccc1C(=O)O. The Labute approximate surface area is 141 Å². The lowest BCUT2D eigenvalue weighted by Gasteiger charge is -2.30. The zero-order valence-electron chi connectivity index (χ0n) is 13.5. The number of rotatable bonds is 6. The van der Waals surface area contributed by atoms with Gasteiger partial charge in [-0.25, -0.2) is 4.79 Å². The highest BCUT2D eigenvalue weighted by Crippen LogP contribution is 2.25. The van der Waals surface area contributed by atoms with Crippen molar-refractivity contribution in [2.75, 3.05) is 7.05 Å². The third kappa shape index (κ3) is 4.30. The zero-order chi connectivity index (χ0) is 17.0. The van der Waals surface area contributed by atoms with Crippen molar-refractivity contribution >= 4 is 17.6 Å². The van der Waals surface area contributed by atoms with Gasteiger partial charge in [0, 0.05) is 23.8 Å². The molecule has 2 aromatic rings. The van der Waals surface area contributed by atoms with Crippen LogP contribution in [0.25, 0.3) is 0 Å². The molecule has 5 heteroatoms. The van der Waals surface area contributed by atoms with Crippen LogP contribution in [-0.4, -0.2) is 34.0 Å². The van der Waals surface area contributed by atoms with Gasteiger partial charge >= 0.3 is 5.97 Å². The highest BCUT2D eigenvalue weighted by molar-refractivity contribution is 6.30. The van der Waals surface area contributed by atoms with E-state index in [-0.39, 0.29) is 17.5 Å². The molecule has 1 N–H and O–H groups in total. The lowest BCUT2D eigenvalue weighted by molar-refractivity contribution is 0.0693. The zero-order valence-corrected chi connectivity index (χ0v) is 14.3. The molecule has 2 unspecified atom stereocenters. The number of aromatic carboxylic acids is 1. The van der Waals surface area contributed by atoms with Gasteiger partial charge in [0.1, 0.15) is 0 Å². The predicted molar refractivity (Wildman–Crippen MR) is 92.0 cm³/mol. The summed E-state index contributed by atoms with van der Waals surface area (Å²) in [5, 5.41) is 9.98. The van der Waals surface area contributed by atoms with Crippen LogP contribution in [0.3, 0.4) is 0 Å². The quantitative estimate of drug-likeness (QED) is 0.866. The average Bonchev–Trinajstić information content (AvgIpc) is 2.54. The van der Waals surface area contributed by atoms with E-state index < -0.39 is 5.97 Å². The molecule has 0 aliphatic carbocycles. The van der Waals surface area contributed by atoms with Crippen molar-refractivity contribution in [2.24, 2.45) is 0 Å². The van der Waals surface area contributed by atoms with Crippen LogP contribution in [0.5, 0.6) is 0 Å². The first-order valence-corrected chi connectivity index (χ1v) is 7.91. The van der Waals surface area contributed by atoms with Crippen molar-refractivity contribution in [3.63, 3.8) is 0 Å². The molecule has 0 aliphatic rings. The average molecular weight is 333 g/mol. The molecule has 0 bridgehead atoms. The minimum absolute atomic E-state index is 0.222. The van der Waals surface area contributed by atoms with E-state index >= 15 is 0 Å². The van der Waals surface area contributed by atoms with Gasteiger partial charge in [-0.3, -0.25) is 9.88 Å². The lowest BCUT2D eigenvalue weighted by atomic mass is 9.93. The first kappa shape index (κ1) is 17.4. The lowest BCUT2D eigenvalue weighted by Crippen LogP contribution is -2.33. The van der Waals surface area contributed by atoms with Crippen molar-refractivity contribution in [1.29, 1.82) is 0 Å². The summed E-state index contributed by atoms with van der Waals surface area (Å²) >= 11 is 5.94. The molecule has 0 aliphatic heterocycles. The molecule has 2 atom stereocenters. The fourth-order valence-electron chi connectivity index (χ4n) is 2.57. The number of hydrogen-bond donors (Lipinski definition) is 1. The van der Waals surface area contributed by atoms with E-state index in [9.17, 15) is 9.90 Å². The van der Waals surface area contributed by atoms with Crippen LogP contribution in [0, 0.1) is 0 Å². The first-order valence-electron chi connectivity index (χ1n) is 7.53. The van der Waals surface area contributed by atoms with Crippen molar-refractivity contribution in [3.05, 3.63) is 64.4 Å². The minimum Gasteiger partial charge on any atom is -0.478 e. The molecule has 0 radical (unpaired) electrons. The molecule has 4 nitrogen and oxygen atoms in total. The normalized spacial score (nSPS) is 13.8. The van der Waals surface area contributed by atoms with Crippen LogP contribution in [0.1, 0.15) is 41.4 Å². The molecule has 0 amide bonds. The second kappa shape index (κ2) is 7.57. The number of benzene rings is 1. The molecule has 2 rings (SSSR count). The van der Waals surface area contributed by atoms with Gasteiger partial charge in [0.15, 0.2) is 0 Å². The van der Waals surface area contributed by atoms with Crippen LogP contribution in [-0.2, 0) is 6.54 Å². The van der Waals surface area contributed by atoms with Gasteiger partial charge in [-0.15, -0.1) is 0 Å². The Morgan fingerprint density at radius 1 is 1.26 bits per heavy atom. The van der Waals surface area contributed by atoms with E-state index in [4.69, 9.17) is 11.6 Å². The molecule has 122 valence electrons. The number of aromatic nitrogens is 1. The van der Waals surface area contributed by atoms with Crippen LogP contribution < -0.4 is 0 Å². The molecule has 0 fully saturated rings. The minimum atomic E-state index is -0.945. The van der Waals surface area contributed by atoms with E-state index in [2.05, 4.69) is 23.7 Å². The standard InChI is InChI=1S/C18H21ClN2O2/c1-12(14-6-8-15(19)9-7-14)13(2)21(3)11-17-16(18(22)23)5-4-10-20-17/h4-10,12-13H,11H2,1-3H3,(H,22,23). The molecule has 0 spiro atoms. The number of halogens is 1. The van der Waals surface area contributed by atoms with Crippen LogP contribution in [0.2, 0.25) is 5.02 Å². The maximum atomic E-state index is 11.3. The summed E-state index contributed by atoms with van der Waals surface area (Å²) in [4.78, 5) is 17.6. The maximum Gasteiger partial charge on any atom is 0.337 e. The molecular weight excluding hydrogens is 312 g/mol. The number of carbonyl (C=O) groups is 1. The Morgan fingerprint density at radius 2 is 1.91 bits per heavy atom. The Bertz CT molecular complexity index is 673. The summed E-state index contributed by atoms with van der Waals surface area (Å²) < 4.78 is 0. The molecule has 1 heterocycles. The van der Waals surface area contributed by atoms with Gasteiger partial charge < -0.3 is 5.11 Å². The second-order valence-electron chi connectivity index (χ2n) is 5.80. The molecule has 23 heavy (non-hydrogen) atoms. The van der Waals surface area contributed by atoms with Gasteiger partial charge in [0.05, 0.1) is 11.3 Å². The Hall–Kier alpha value is -1.91. The number of nitrogens with zero attached hydrogens (tertiary/aromatic N) is 2. The fraction of sp³-hybridized carbons (Fsp3) is 0.333. The highest BCUT2D eigenvalue weighted by Gasteiger charge is 2.21. The summed E-state index contributed by atoms with van der Waals surface area (Å²) in [6.45, 7) is 4.77. The van der Waals surface area contributed by atoms with Gasteiger partial charge in [0.25, 0.3) is 0 Å². The van der Waals surface area contributed by atoms with Crippen molar-refractivity contribution in [2.45, 2.75) is 32.4 Å². The monoisotopic (exact) mass is 332 g/mol. The summed E-state index contributed by atoms with van der Waals surface area (Å²) in [7, 11) is 1.98. The maximum absolute atomic E-state index is 11.3. The first-order chi connectivity index (χ1) is 10.9. The number of pyridine rings is 1. The van der Waals surface area contributed by atoms with E-state index in [1.807, 2.05) is 31.3 Å². The number of carboxylic acids is 1. The summed E-state index contributed by atoms with van der Waals surface area (Å²) in [6, 6.07) is 11.3. The molecule has 1 aromatic heterocycles. The van der Waals surface area contributed by atoms with Gasteiger partial charge in [-0.05, 0) is 49.7 Å². The second-order valence-corrected chi connectivity index (χ2v) is 6.24. The summed E-state index contributed by atoms with van der Waals surface area (Å²) in [5.41, 5.74) is 2.04. The highest BCUT2D eigenvalue weighted by atomic mass is 35.5. The number of carboxylic acid groups (broad SMARTS) is 1. The third-order valence-corrected chi connectivity index (χ3v) is 4.59. The summed E-state index contributed by atoms with van der Waals surface area (Å²) in [6.07, 6.45) is 1.63. The van der Waals surface area contributed by atoms with Gasteiger partial charge in [0.2, 0.25) is 0 Å². The van der Waals surface area contributed by atoms with Crippen LogP contribution >= 0.6 is 11.6 Å². The Kier molecular flexibility index (Phi) is 5.74. The smallest absolute Gasteiger partial charge is 0.337 e. The third-order valence-electron chi connectivity index (χ3n) is 4.33. The summed E-state index contributed by atoms with van der Waals surface area (Å²) in [5.74, 6) is -0.658.